The third kappa shape index (κ3) is 3.00. The maximum atomic E-state index is 10.3. The van der Waals surface area contributed by atoms with Gasteiger partial charge >= 0.3 is 0 Å². The Hall–Kier alpha value is -0.450. The molecule has 1 aliphatic rings. The van der Waals surface area contributed by atoms with E-state index in [4.69, 9.17) is 4.74 Å². The van der Waals surface area contributed by atoms with E-state index in [1.54, 1.807) is 6.20 Å². The van der Waals surface area contributed by atoms with Crippen LogP contribution >= 0.6 is 15.9 Å². The second kappa shape index (κ2) is 4.60. The number of nitrogens with zero attached hydrogens (tertiary/aromatic N) is 1. The van der Waals surface area contributed by atoms with Gasteiger partial charge in [-0.3, -0.25) is 4.98 Å². The van der Waals surface area contributed by atoms with Crippen molar-refractivity contribution in [2.24, 2.45) is 0 Å². The number of pyridine rings is 1. The average molecular weight is 272 g/mol. The van der Waals surface area contributed by atoms with Crippen molar-refractivity contribution in [3.8, 4) is 0 Å². The SMILES string of the molecule is OC1(Cc2ccc(Br)cn2)CCOCC1. The second-order valence-electron chi connectivity index (χ2n) is 3.98. The molecule has 15 heavy (non-hydrogen) atoms. The van der Waals surface area contributed by atoms with Crippen molar-refractivity contribution in [1.29, 1.82) is 0 Å². The summed E-state index contributed by atoms with van der Waals surface area (Å²) in [6, 6.07) is 3.89. The molecule has 4 heteroatoms. The molecule has 1 fully saturated rings. The molecule has 2 rings (SSSR count). The fraction of sp³-hybridized carbons (Fsp3) is 0.545. The molecule has 0 aliphatic carbocycles. The van der Waals surface area contributed by atoms with E-state index in [2.05, 4.69) is 20.9 Å². The molecule has 0 aromatic carbocycles. The summed E-state index contributed by atoms with van der Waals surface area (Å²) in [7, 11) is 0. The van der Waals surface area contributed by atoms with E-state index in [9.17, 15) is 5.11 Å². The topological polar surface area (TPSA) is 42.4 Å². The predicted octanol–water partition coefficient (Wildman–Crippen LogP) is 1.93. The molecule has 0 unspecified atom stereocenters. The van der Waals surface area contributed by atoms with Crippen molar-refractivity contribution in [3.05, 3.63) is 28.5 Å². The fourth-order valence-electron chi connectivity index (χ4n) is 1.78. The lowest BCUT2D eigenvalue weighted by molar-refractivity contribution is -0.0630. The Balaban J connectivity index is 2.03. The Morgan fingerprint density at radius 1 is 1.40 bits per heavy atom. The Labute approximate surface area is 97.6 Å². The number of aliphatic hydroxyl groups is 1. The molecular formula is C11H14BrNO2. The standard InChI is InChI=1S/C11H14BrNO2/c12-9-1-2-10(13-8-9)7-11(14)3-5-15-6-4-11/h1-2,8,14H,3-7H2. The van der Waals surface area contributed by atoms with Gasteiger partial charge in [-0.2, -0.15) is 0 Å². The third-order valence-corrected chi connectivity index (χ3v) is 3.19. The van der Waals surface area contributed by atoms with Gasteiger partial charge in [-0.05, 0) is 40.9 Å². The van der Waals surface area contributed by atoms with Gasteiger partial charge in [0.05, 0.1) is 5.60 Å². The largest absolute Gasteiger partial charge is 0.389 e. The molecule has 3 nitrogen and oxygen atoms in total. The minimum absolute atomic E-state index is 0.615. The zero-order valence-electron chi connectivity index (χ0n) is 8.45. The first-order valence-electron chi connectivity index (χ1n) is 5.09. The summed E-state index contributed by atoms with van der Waals surface area (Å²) in [5.41, 5.74) is 0.307. The highest BCUT2D eigenvalue weighted by atomic mass is 79.9. The summed E-state index contributed by atoms with van der Waals surface area (Å²) in [5, 5.41) is 10.3. The Morgan fingerprint density at radius 3 is 2.73 bits per heavy atom. The second-order valence-corrected chi connectivity index (χ2v) is 4.90. The van der Waals surface area contributed by atoms with Crippen LogP contribution in [0.3, 0.4) is 0 Å². The van der Waals surface area contributed by atoms with Crippen molar-refractivity contribution in [1.82, 2.24) is 4.98 Å². The van der Waals surface area contributed by atoms with E-state index in [1.165, 1.54) is 0 Å². The van der Waals surface area contributed by atoms with Gasteiger partial charge in [-0.25, -0.2) is 0 Å². The van der Waals surface area contributed by atoms with Crippen molar-refractivity contribution in [2.75, 3.05) is 13.2 Å². The molecule has 1 aromatic heterocycles. The molecule has 1 saturated heterocycles. The minimum atomic E-state index is -0.626. The van der Waals surface area contributed by atoms with Crippen LogP contribution in [0.2, 0.25) is 0 Å². The number of hydrogen-bond donors (Lipinski definition) is 1. The Bertz CT molecular complexity index is 320. The summed E-state index contributed by atoms with van der Waals surface area (Å²) < 4.78 is 6.20. The molecule has 0 amide bonds. The third-order valence-electron chi connectivity index (χ3n) is 2.72. The molecule has 0 saturated carbocycles. The van der Waals surface area contributed by atoms with Crippen LogP contribution in [0.25, 0.3) is 0 Å². The van der Waals surface area contributed by atoms with Crippen LogP contribution in [0.1, 0.15) is 18.5 Å². The summed E-state index contributed by atoms with van der Waals surface area (Å²) in [5.74, 6) is 0. The van der Waals surface area contributed by atoms with E-state index in [-0.39, 0.29) is 0 Å². The van der Waals surface area contributed by atoms with E-state index >= 15 is 0 Å². The molecule has 1 N–H and O–H groups in total. The molecule has 82 valence electrons. The fourth-order valence-corrected chi connectivity index (χ4v) is 2.01. The molecule has 1 aromatic rings. The first-order valence-corrected chi connectivity index (χ1v) is 5.88. The van der Waals surface area contributed by atoms with Gasteiger partial charge in [0.25, 0.3) is 0 Å². The van der Waals surface area contributed by atoms with Gasteiger partial charge in [-0.15, -0.1) is 0 Å². The number of ether oxygens (including phenoxy) is 1. The van der Waals surface area contributed by atoms with Crippen LogP contribution in [0, 0.1) is 0 Å². The lowest BCUT2D eigenvalue weighted by Crippen LogP contribution is -2.38. The maximum absolute atomic E-state index is 10.3. The van der Waals surface area contributed by atoms with Crippen molar-refractivity contribution < 1.29 is 9.84 Å². The van der Waals surface area contributed by atoms with Gasteiger partial charge in [0.2, 0.25) is 0 Å². The summed E-state index contributed by atoms with van der Waals surface area (Å²) in [6.45, 7) is 1.29. The molecule has 2 heterocycles. The van der Waals surface area contributed by atoms with Crippen molar-refractivity contribution >= 4 is 15.9 Å². The van der Waals surface area contributed by atoms with Crippen molar-refractivity contribution in [2.45, 2.75) is 24.9 Å². The number of aromatic nitrogens is 1. The Morgan fingerprint density at radius 2 is 2.13 bits per heavy atom. The van der Waals surface area contributed by atoms with Crippen LogP contribution in [-0.2, 0) is 11.2 Å². The molecule has 1 aliphatic heterocycles. The molecule has 0 spiro atoms. The summed E-state index contributed by atoms with van der Waals surface area (Å²) >= 11 is 3.34. The smallest absolute Gasteiger partial charge is 0.0746 e. The predicted molar refractivity (Wildman–Crippen MR) is 60.6 cm³/mol. The maximum Gasteiger partial charge on any atom is 0.0746 e. The quantitative estimate of drug-likeness (QED) is 0.894. The van der Waals surface area contributed by atoms with Crippen LogP contribution in [0.4, 0.5) is 0 Å². The highest BCUT2D eigenvalue weighted by Crippen LogP contribution is 2.24. The molecular weight excluding hydrogens is 258 g/mol. The molecule has 0 atom stereocenters. The molecule has 0 radical (unpaired) electrons. The normalized spacial score (nSPS) is 20.1. The highest BCUT2D eigenvalue weighted by Gasteiger charge is 2.30. The van der Waals surface area contributed by atoms with E-state index in [0.29, 0.717) is 32.5 Å². The van der Waals surface area contributed by atoms with Crippen molar-refractivity contribution in [3.63, 3.8) is 0 Å². The van der Waals surface area contributed by atoms with Gasteiger partial charge in [0.15, 0.2) is 0 Å². The van der Waals surface area contributed by atoms with Crippen LogP contribution in [0.5, 0.6) is 0 Å². The minimum Gasteiger partial charge on any atom is -0.389 e. The lowest BCUT2D eigenvalue weighted by atomic mass is 9.89. The first kappa shape index (κ1) is 11.0. The Kier molecular flexibility index (Phi) is 3.38. The lowest BCUT2D eigenvalue weighted by Gasteiger charge is -2.31. The van der Waals surface area contributed by atoms with E-state index in [0.717, 1.165) is 10.2 Å². The average Bonchev–Trinajstić information content (AvgIpc) is 2.22. The van der Waals surface area contributed by atoms with Gasteiger partial charge in [0, 0.05) is 36.0 Å². The molecule has 0 bridgehead atoms. The zero-order valence-corrected chi connectivity index (χ0v) is 10.0. The van der Waals surface area contributed by atoms with Gasteiger partial charge < -0.3 is 9.84 Å². The summed E-state index contributed by atoms with van der Waals surface area (Å²) in [6.07, 6.45) is 3.77. The number of hydrogen-bond acceptors (Lipinski definition) is 3. The zero-order chi connectivity index (χ0) is 10.7. The van der Waals surface area contributed by atoms with Gasteiger partial charge in [-0.1, -0.05) is 0 Å². The van der Waals surface area contributed by atoms with Crippen LogP contribution in [-0.4, -0.2) is 28.9 Å². The number of halogens is 1. The first-order chi connectivity index (χ1) is 7.18. The van der Waals surface area contributed by atoms with Crippen LogP contribution < -0.4 is 0 Å². The monoisotopic (exact) mass is 271 g/mol. The van der Waals surface area contributed by atoms with Crippen LogP contribution in [0.15, 0.2) is 22.8 Å². The highest BCUT2D eigenvalue weighted by molar-refractivity contribution is 9.10. The van der Waals surface area contributed by atoms with E-state index in [1.807, 2.05) is 12.1 Å². The summed E-state index contributed by atoms with van der Waals surface area (Å²) in [4.78, 5) is 4.27. The van der Waals surface area contributed by atoms with E-state index < -0.39 is 5.60 Å². The number of rotatable bonds is 2. The van der Waals surface area contributed by atoms with Gasteiger partial charge in [0.1, 0.15) is 0 Å².